The third kappa shape index (κ3) is 4.03. The first-order valence-electron chi connectivity index (χ1n) is 4.85. The highest BCUT2D eigenvalue weighted by atomic mass is 32.2. The van der Waals surface area contributed by atoms with Gasteiger partial charge in [-0.3, -0.25) is 0 Å². The van der Waals surface area contributed by atoms with Crippen molar-refractivity contribution in [2.24, 2.45) is 5.73 Å². The maximum Gasteiger partial charge on any atom is 0.243 e. The van der Waals surface area contributed by atoms with Crippen LogP contribution in [0, 0.1) is 11.6 Å². The number of nitrogens with one attached hydrogen (secondary N) is 1. The smallest absolute Gasteiger partial charge is 0.243 e. The standard InChI is InChI=1S/C10H14F2N2O2S/c1-10(2,13)6-14-17(15,16)9-4-3-7(11)5-8(9)12/h3-5,14H,6,13H2,1-2H3. The Morgan fingerprint density at radius 3 is 2.41 bits per heavy atom. The fraction of sp³-hybridized carbons (Fsp3) is 0.400. The zero-order valence-electron chi connectivity index (χ0n) is 9.50. The van der Waals surface area contributed by atoms with Crippen LogP contribution in [0.3, 0.4) is 0 Å². The van der Waals surface area contributed by atoms with Gasteiger partial charge in [-0.15, -0.1) is 0 Å². The van der Waals surface area contributed by atoms with Crippen LogP contribution in [0.4, 0.5) is 8.78 Å². The Hall–Kier alpha value is -1.05. The molecule has 4 nitrogen and oxygen atoms in total. The first kappa shape index (κ1) is 14.0. The molecule has 0 unspecified atom stereocenters. The number of benzene rings is 1. The summed E-state index contributed by atoms with van der Waals surface area (Å²) in [5, 5.41) is 0. The Bertz CT molecular complexity index is 510. The van der Waals surface area contributed by atoms with Gasteiger partial charge in [0.2, 0.25) is 10.0 Å². The van der Waals surface area contributed by atoms with E-state index >= 15 is 0 Å². The average molecular weight is 264 g/mol. The van der Waals surface area contributed by atoms with Gasteiger partial charge in [0, 0.05) is 18.2 Å². The molecule has 1 aromatic rings. The topological polar surface area (TPSA) is 72.2 Å². The quantitative estimate of drug-likeness (QED) is 0.851. The Kier molecular flexibility index (Phi) is 3.85. The molecule has 0 spiro atoms. The fourth-order valence-electron chi connectivity index (χ4n) is 1.05. The van der Waals surface area contributed by atoms with Crippen LogP contribution in [-0.2, 0) is 10.0 Å². The minimum absolute atomic E-state index is 0.0495. The molecule has 0 aliphatic carbocycles. The van der Waals surface area contributed by atoms with Gasteiger partial charge in [-0.1, -0.05) is 0 Å². The Labute approximate surface area is 98.9 Å². The Morgan fingerprint density at radius 1 is 1.35 bits per heavy atom. The maximum absolute atomic E-state index is 13.3. The lowest BCUT2D eigenvalue weighted by atomic mass is 10.1. The second-order valence-electron chi connectivity index (χ2n) is 4.39. The van der Waals surface area contributed by atoms with Crippen LogP contribution in [0.5, 0.6) is 0 Å². The van der Waals surface area contributed by atoms with Crippen molar-refractivity contribution in [2.75, 3.05) is 6.54 Å². The summed E-state index contributed by atoms with van der Waals surface area (Å²) in [6, 6.07) is 2.27. The van der Waals surface area contributed by atoms with Gasteiger partial charge >= 0.3 is 0 Å². The minimum atomic E-state index is -4.01. The second kappa shape index (κ2) is 4.67. The highest BCUT2D eigenvalue weighted by Crippen LogP contribution is 2.15. The van der Waals surface area contributed by atoms with Crippen molar-refractivity contribution in [3.8, 4) is 0 Å². The summed E-state index contributed by atoms with van der Waals surface area (Å²) < 4.78 is 51.4. The van der Waals surface area contributed by atoms with Gasteiger partial charge < -0.3 is 5.73 Å². The van der Waals surface area contributed by atoms with E-state index in [0.29, 0.717) is 6.07 Å². The van der Waals surface area contributed by atoms with Gasteiger partial charge in [0.1, 0.15) is 16.5 Å². The van der Waals surface area contributed by atoms with E-state index < -0.39 is 32.1 Å². The summed E-state index contributed by atoms with van der Waals surface area (Å²) >= 11 is 0. The van der Waals surface area contributed by atoms with E-state index in [1.165, 1.54) is 0 Å². The van der Waals surface area contributed by atoms with Gasteiger partial charge in [0.15, 0.2) is 0 Å². The molecule has 1 rings (SSSR count). The third-order valence-electron chi connectivity index (χ3n) is 1.90. The van der Waals surface area contributed by atoms with Crippen molar-refractivity contribution in [2.45, 2.75) is 24.3 Å². The number of hydrogen-bond donors (Lipinski definition) is 2. The van der Waals surface area contributed by atoms with Crippen molar-refractivity contribution < 1.29 is 17.2 Å². The summed E-state index contributed by atoms with van der Waals surface area (Å²) in [7, 11) is -4.01. The molecule has 0 heterocycles. The van der Waals surface area contributed by atoms with Crippen molar-refractivity contribution in [1.29, 1.82) is 0 Å². The van der Waals surface area contributed by atoms with Crippen molar-refractivity contribution >= 4 is 10.0 Å². The van der Waals surface area contributed by atoms with E-state index in [1.54, 1.807) is 13.8 Å². The summed E-state index contributed by atoms with van der Waals surface area (Å²) in [6.45, 7) is 3.19. The maximum atomic E-state index is 13.3. The number of halogens is 2. The molecule has 3 N–H and O–H groups in total. The van der Waals surface area contributed by atoms with E-state index in [0.717, 1.165) is 12.1 Å². The number of nitrogens with two attached hydrogens (primary N) is 1. The van der Waals surface area contributed by atoms with E-state index in [-0.39, 0.29) is 6.54 Å². The molecule has 17 heavy (non-hydrogen) atoms. The van der Waals surface area contributed by atoms with E-state index in [2.05, 4.69) is 4.72 Å². The molecule has 0 radical (unpaired) electrons. The van der Waals surface area contributed by atoms with Crippen LogP contribution in [0.25, 0.3) is 0 Å². The van der Waals surface area contributed by atoms with Crippen LogP contribution < -0.4 is 10.5 Å². The lowest BCUT2D eigenvalue weighted by Crippen LogP contribution is -2.45. The molecule has 0 aliphatic rings. The van der Waals surface area contributed by atoms with E-state index in [1.807, 2.05) is 0 Å². The first-order valence-corrected chi connectivity index (χ1v) is 6.34. The van der Waals surface area contributed by atoms with E-state index in [4.69, 9.17) is 5.73 Å². The van der Waals surface area contributed by atoms with Crippen LogP contribution in [0.2, 0.25) is 0 Å². The lowest BCUT2D eigenvalue weighted by molar-refractivity contribution is 0.493. The zero-order valence-corrected chi connectivity index (χ0v) is 10.3. The van der Waals surface area contributed by atoms with E-state index in [9.17, 15) is 17.2 Å². The molecule has 0 saturated carbocycles. The molecule has 96 valence electrons. The monoisotopic (exact) mass is 264 g/mol. The summed E-state index contributed by atoms with van der Waals surface area (Å²) in [6.07, 6.45) is 0. The largest absolute Gasteiger partial charge is 0.324 e. The highest BCUT2D eigenvalue weighted by Gasteiger charge is 2.22. The number of sulfonamides is 1. The zero-order chi connectivity index (χ0) is 13.3. The second-order valence-corrected chi connectivity index (χ2v) is 6.12. The van der Waals surface area contributed by atoms with Gasteiger partial charge in [0.25, 0.3) is 0 Å². The Morgan fingerprint density at radius 2 is 1.94 bits per heavy atom. The van der Waals surface area contributed by atoms with Gasteiger partial charge in [0.05, 0.1) is 0 Å². The summed E-state index contributed by atoms with van der Waals surface area (Å²) in [5.74, 6) is -1.96. The molecule has 0 fully saturated rings. The minimum Gasteiger partial charge on any atom is -0.324 e. The average Bonchev–Trinajstić information content (AvgIpc) is 2.13. The summed E-state index contributed by atoms with van der Waals surface area (Å²) in [5.41, 5.74) is 4.84. The molecule has 0 atom stereocenters. The van der Waals surface area contributed by atoms with Crippen LogP contribution >= 0.6 is 0 Å². The van der Waals surface area contributed by atoms with Gasteiger partial charge in [-0.05, 0) is 26.0 Å². The fourth-order valence-corrected chi connectivity index (χ4v) is 2.33. The molecule has 1 aromatic carbocycles. The first-order chi connectivity index (χ1) is 7.62. The molecule has 0 aliphatic heterocycles. The molecular formula is C10H14F2N2O2S. The van der Waals surface area contributed by atoms with Crippen LogP contribution in [0.1, 0.15) is 13.8 Å². The van der Waals surface area contributed by atoms with Crippen molar-refractivity contribution in [3.05, 3.63) is 29.8 Å². The lowest BCUT2D eigenvalue weighted by Gasteiger charge is -2.19. The molecule has 7 heteroatoms. The Balaban J connectivity index is 2.98. The molecular weight excluding hydrogens is 250 g/mol. The van der Waals surface area contributed by atoms with Gasteiger partial charge in [-0.2, -0.15) is 0 Å². The molecule has 0 saturated heterocycles. The van der Waals surface area contributed by atoms with Crippen molar-refractivity contribution in [3.63, 3.8) is 0 Å². The predicted molar refractivity (Wildman–Crippen MR) is 59.8 cm³/mol. The molecule has 0 aromatic heterocycles. The molecule has 0 amide bonds. The normalized spacial score (nSPS) is 12.8. The highest BCUT2D eigenvalue weighted by molar-refractivity contribution is 7.89. The SMILES string of the molecule is CC(C)(N)CNS(=O)(=O)c1ccc(F)cc1F. The third-order valence-corrected chi connectivity index (χ3v) is 3.34. The number of rotatable bonds is 4. The molecule has 0 bridgehead atoms. The van der Waals surface area contributed by atoms with Gasteiger partial charge in [-0.25, -0.2) is 21.9 Å². The number of hydrogen-bond acceptors (Lipinski definition) is 3. The predicted octanol–water partition coefficient (Wildman–Crippen LogP) is 0.980. The van der Waals surface area contributed by atoms with Crippen LogP contribution in [-0.4, -0.2) is 20.5 Å². The van der Waals surface area contributed by atoms with Crippen molar-refractivity contribution in [1.82, 2.24) is 4.72 Å². The summed E-state index contributed by atoms with van der Waals surface area (Å²) in [4.78, 5) is -0.594. The van der Waals surface area contributed by atoms with Crippen LogP contribution in [0.15, 0.2) is 23.1 Å².